The Hall–Kier alpha value is -3.50. The van der Waals surface area contributed by atoms with Gasteiger partial charge in [-0.05, 0) is 31.3 Å². The van der Waals surface area contributed by atoms with Crippen molar-refractivity contribution in [1.82, 2.24) is 20.2 Å². The van der Waals surface area contributed by atoms with E-state index < -0.39 is 17.4 Å². The largest absolute Gasteiger partial charge is 0.507 e. The van der Waals surface area contributed by atoms with Crippen LogP contribution in [-0.2, 0) is 4.79 Å². The minimum absolute atomic E-state index is 0.0581. The molecule has 35 heavy (non-hydrogen) atoms. The summed E-state index contributed by atoms with van der Waals surface area (Å²) in [5.41, 5.74) is -0.783. The number of likely N-dealkylation sites (N-methyl/N-ethyl adjacent to an activating group) is 1. The normalized spacial score (nSPS) is 13.8. The number of carbonyl (C=O) groups is 1. The van der Waals surface area contributed by atoms with Crippen molar-refractivity contribution in [2.45, 2.75) is 0 Å². The van der Waals surface area contributed by atoms with Crippen molar-refractivity contribution in [2.75, 3.05) is 51.3 Å². The van der Waals surface area contributed by atoms with Crippen molar-refractivity contribution in [2.24, 2.45) is 0 Å². The average Bonchev–Trinajstić information content (AvgIpc) is 2.85. The van der Waals surface area contributed by atoms with Gasteiger partial charge >= 0.3 is 6.01 Å². The van der Waals surface area contributed by atoms with Gasteiger partial charge in [-0.15, -0.1) is 0 Å². The van der Waals surface area contributed by atoms with Gasteiger partial charge < -0.3 is 25.0 Å². The molecule has 1 amide bonds. The first-order valence-corrected chi connectivity index (χ1v) is 11.3. The Bertz CT molecular complexity index is 1260. The number of phenolic OH excluding ortho intramolecular Hbond substituents is 1. The molecule has 0 aliphatic carbocycles. The fraction of sp³-hybridized carbons (Fsp3) is 0.292. The quantitative estimate of drug-likeness (QED) is 0.377. The Morgan fingerprint density at radius 1 is 1.26 bits per heavy atom. The monoisotopic (exact) mass is 503 g/mol. The van der Waals surface area contributed by atoms with E-state index in [9.17, 15) is 14.3 Å². The highest BCUT2D eigenvalue weighted by Gasteiger charge is 2.27. The minimum Gasteiger partial charge on any atom is -0.507 e. The topological polar surface area (TPSA) is 90.8 Å². The van der Waals surface area contributed by atoms with E-state index in [1.807, 2.05) is 4.90 Å². The summed E-state index contributed by atoms with van der Waals surface area (Å²) < 4.78 is 36.1. The lowest BCUT2D eigenvalue weighted by Crippen LogP contribution is -2.48. The van der Waals surface area contributed by atoms with Gasteiger partial charge in [0.1, 0.15) is 29.5 Å². The molecule has 1 aliphatic heterocycles. The fourth-order valence-electron chi connectivity index (χ4n) is 3.97. The number of ether oxygens (including phenoxy) is 1. The van der Waals surface area contributed by atoms with Crippen LogP contribution >= 0.6 is 11.6 Å². The zero-order valence-corrected chi connectivity index (χ0v) is 19.8. The van der Waals surface area contributed by atoms with E-state index in [1.54, 1.807) is 11.9 Å². The van der Waals surface area contributed by atoms with Crippen molar-refractivity contribution in [3.8, 4) is 22.9 Å². The molecular formula is C24H24ClF2N5O3. The number of hydrogen-bond acceptors (Lipinski definition) is 7. The summed E-state index contributed by atoms with van der Waals surface area (Å²) in [5, 5.41) is 13.4. The van der Waals surface area contributed by atoms with Crippen LogP contribution in [-0.4, -0.2) is 72.3 Å². The molecule has 11 heteroatoms. The molecule has 3 aromatic rings. The molecular weight excluding hydrogens is 480 g/mol. The molecule has 0 unspecified atom stereocenters. The Labute approximate surface area is 205 Å². The first kappa shape index (κ1) is 24.6. The van der Waals surface area contributed by atoms with E-state index in [4.69, 9.17) is 16.3 Å². The van der Waals surface area contributed by atoms with Gasteiger partial charge in [-0.1, -0.05) is 24.2 Å². The van der Waals surface area contributed by atoms with Gasteiger partial charge in [-0.2, -0.15) is 9.97 Å². The van der Waals surface area contributed by atoms with Gasteiger partial charge in [-0.25, -0.2) is 8.78 Å². The highest BCUT2D eigenvalue weighted by Crippen LogP contribution is 2.42. The Morgan fingerprint density at radius 2 is 2.00 bits per heavy atom. The Morgan fingerprint density at radius 3 is 2.66 bits per heavy atom. The number of hydrogen-bond donors (Lipinski definition) is 2. The second kappa shape index (κ2) is 10.4. The molecule has 4 rings (SSSR count). The van der Waals surface area contributed by atoms with E-state index in [1.165, 1.54) is 24.3 Å². The third-order valence-corrected chi connectivity index (χ3v) is 6.03. The van der Waals surface area contributed by atoms with Crippen molar-refractivity contribution in [3.05, 3.63) is 53.6 Å². The van der Waals surface area contributed by atoms with Gasteiger partial charge in [0.05, 0.1) is 10.6 Å². The third kappa shape index (κ3) is 4.85. The number of anilines is 1. The number of benzene rings is 2. The Balaban J connectivity index is 1.85. The van der Waals surface area contributed by atoms with Gasteiger partial charge in [0, 0.05) is 43.7 Å². The second-order valence-electron chi connectivity index (χ2n) is 7.88. The molecule has 0 saturated carbocycles. The maximum Gasteiger partial charge on any atom is 0.319 e. The number of aromatic hydroxyl groups is 1. The fourth-order valence-corrected chi connectivity index (χ4v) is 4.25. The van der Waals surface area contributed by atoms with Crippen LogP contribution in [0.4, 0.5) is 14.6 Å². The first-order valence-electron chi connectivity index (χ1n) is 11.0. The van der Waals surface area contributed by atoms with Crippen molar-refractivity contribution < 1.29 is 23.4 Å². The molecule has 0 bridgehead atoms. The predicted octanol–water partition coefficient (Wildman–Crippen LogP) is 3.37. The van der Waals surface area contributed by atoms with Crippen LogP contribution in [0.3, 0.4) is 0 Å². The minimum atomic E-state index is -0.907. The molecule has 0 radical (unpaired) electrons. The lowest BCUT2D eigenvalue weighted by molar-refractivity contribution is -0.126. The molecule has 2 heterocycles. The van der Waals surface area contributed by atoms with E-state index in [0.717, 1.165) is 6.07 Å². The second-order valence-corrected chi connectivity index (χ2v) is 8.28. The van der Waals surface area contributed by atoms with E-state index in [0.29, 0.717) is 43.9 Å². The third-order valence-electron chi connectivity index (χ3n) is 5.73. The molecule has 1 aliphatic rings. The lowest BCUT2D eigenvalue weighted by atomic mass is 10.0. The number of carbonyl (C=O) groups excluding carboxylic acids is 1. The number of phenols is 1. The first-order chi connectivity index (χ1) is 16.8. The summed E-state index contributed by atoms with van der Waals surface area (Å²) in [6.07, 6.45) is 1.26. The molecule has 2 N–H and O–H groups in total. The van der Waals surface area contributed by atoms with Crippen LogP contribution in [0.15, 0.2) is 36.9 Å². The molecule has 0 spiro atoms. The van der Waals surface area contributed by atoms with Crippen LogP contribution in [0.1, 0.15) is 0 Å². The highest BCUT2D eigenvalue weighted by atomic mass is 35.5. The average molecular weight is 504 g/mol. The summed E-state index contributed by atoms with van der Waals surface area (Å²) >= 11 is 6.43. The SMILES string of the molecule is C=CC(=O)N1CCN(c2nc(OCCNC)nc3c(F)c(-c4c(O)cccc4F)c(Cl)cc23)CC1. The predicted molar refractivity (Wildman–Crippen MR) is 130 cm³/mol. The number of halogens is 3. The lowest BCUT2D eigenvalue weighted by Gasteiger charge is -2.35. The van der Waals surface area contributed by atoms with E-state index in [2.05, 4.69) is 21.9 Å². The van der Waals surface area contributed by atoms with E-state index in [-0.39, 0.29) is 40.2 Å². The number of fused-ring (bicyclic) bond motifs is 1. The molecule has 0 atom stereocenters. The molecule has 1 fully saturated rings. The standard InChI is InChI=1S/C24H24ClF2N5O3/c1-3-18(34)31-8-10-32(11-9-31)23-14-13-15(25)19(20-16(26)5-4-6-17(20)33)21(27)22(14)29-24(30-23)35-12-7-28-2/h3-6,13,28,33H,1,7-12H2,2H3. The summed E-state index contributed by atoms with van der Waals surface area (Å²) in [6.45, 7) is 5.96. The van der Waals surface area contributed by atoms with Crippen LogP contribution < -0.4 is 15.0 Å². The van der Waals surface area contributed by atoms with Crippen molar-refractivity contribution >= 4 is 34.2 Å². The zero-order chi connectivity index (χ0) is 25.1. The summed E-state index contributed by atoms with van der Waals surface area (Å²) in [4.78, 5) is 24.2. The van der Waals surface area contributed by atoms with Crippen molar-refractivity contribution in [1.29, 1.82) is 0 Å². The maximum atomic E-state index is 15.9. The van der Waals surface area contributed by atoms with Crippen LogP contribution in [0.2, 0.25) is 5.02 Å². The smallest absolute Gasteiger partial charge is 0.319 e. The number of amides is 1. The zero-order valence-electron chi connectivity index (χ0n) is 19.0. The molecule has 184 valence electrons. The summed E-state index contributed by atoms with van der Waals surface area (Å²) in [5.74, 6) is -1.97. The molecule has 8 nitrogen and oxygen atoms in total. The van der Waals surface area contributed by atoms with Gasteiger partial charge in [0.2, 0.25) is 5.91 Å². The molecule has 1 saturated heterocycles. The van der Waals surface area contributed by atoms with Gasteiger partial charge in [-0.3, -0.25) is 4.79 Å². The number of aromatic nitrogens is 2. The van der Waals surface area contributed by atoms with Crippen molar-refractivity contribution in [3.63, 3.8) is 0 Å². The summed E-state index contributed by atoms with van der Waals surface area (Å²) in [6, 6.07) is 5.06. The number of nitrogens with one attached hydrogen (secondary N) is 1. The van der Waals surface area contributed by atoms with Gasteiger partial charge in [0.15, 0.2) is 5.82 Å². The molecule has 2 aromatic carbocycles. The number of rotatable bonds is 7. The highest BCUT2D eigenvalue weighted by molar-refractivity contribution is 6.34. The molecule has 1 aromatic heterocycles. The summed E-state index contributed by atoms with van der Waals surface area (Å²) in [7, 11) is 1.76. The maximum absolute atomic E-state index is 15.9. The van der Waals surface area contributed by atoms with Crippen LogP contribution in [0.5, 0.6) is 11.8 Å². The Kier molecular flexibility index (Phi) is 7.32. The van der Waals surface area contributed by atoms with Crippen LogP contribution in [0, 0.1) is 11.6 Å². The number of nitrogens with zero attached hydrogens (tertiary/aromatic N) is 4. The van der Waals surface area contributed by atoms with E-state index >= 15 is 4.39 Å². The number of piperazine rings is 1. The van der Waals surface area contributed by atoms with Gasteiger partial charge in [0.25, 0.3) is 0 Å². The van der Waals surface area contributed by atoms with Crippen LogP contribution in [0.25, 0.3) is 22.0 Å².